The van der Waals surface area contributed by atoms with Crippen LogP contribution in [0.15, 0.2) is 0 Å². The van der Waals surface area contributed by atoms with Gasteiger partial charge in [0.1, 0.15) is 0 Å². The molecule has 0 spiro atoms. The third-order valence-corrected chi connectivity index (χ3v) is 6.31. The van der Waals surface area contributed by atoms with E-state index in [9.17, 15) is 13.2 Å². The van der Waals surface area contributed by atoms with E-state index >= 15 is 0 Å². The van der Waals surface area contributed by atoms with E-state index in [1.54, 1.807) is 12.0 Å². The smallest absolute Gasteiger partial charge is 0.236 e. The van der Waals surface area contributed by atoms with E-state index in [0.29, 0.717) is 38.6 Å². The van der Waals surface area contributed by atoms with E-state index in [0.717, 1.165) is 32.5 Å². The molecule has 2 saturated heterocycles. The van der Waals surface area contributed by atoms with Crippen LogP contribution >= 0.6 is 0 Å². The largest absolute Gasteiger partial charge is 0.385 e. The van der Waals surface area contributed by atoms with Crippen LogP contribution < -0.4 is 0 Å². The summed E-state index contributed by atoms with van der Waals surface area (Å²) in [6.07, 6.45) is 5.84. The lowest BCUT2D eigenvalue weighted by molar-refractivity contribution is -0.133. The summed E-state index contributed by atoms with van der Waals surface area (Å²) in [7, 11) is -1.42. The fourth-order valence-corrected chi connectivity index (χ4v) is 4.37. The first-order chi connectivity index (χ1) is 11.4. The molecule has 8 heteroatoms. The number of rotatable bonds is 6. The maximum absolute atomic E-state index is 12.5. The topological polar surface area (TPSA) is 70.2 Å². The molecule has 0 aliphatic carbocycles. The average molecular weight is 362 g/mol. The number of hydrogen-bond donors (Lipinski definition) is 0. The number of ether oxygens (including phenoxy) is 1. The van der Waals surface area contributed by atoms with Crippen molar-refractivity contribution in [1.82, 2.24) is 14.1 Å². The van der Waals surface area contributed by atoms with Crippen molar-refractivity contribution in [2.24, 2.45) is 5.92 Å². The zero-order valence-corrected chi connectivity index (χ0v) is 15.8. The van der Waals surface area contributed by atoms with Gasteiger partial charge >= 0.3 is 0 Å². The minimum atomic E-state index is -3.15. The molecule has 0 bridgehead atoms. The number of hydrogen-bond acceptors (Lipinski definition) is 5. The highest BCUT2D eigenvalue weighted by Crippen LogP contribution is 2.19. The Bertz CT molecular complexity index is 503. The van der Waals surface area contributed by atoms with E-state index in [4.69, 9.17) is 4.74 Å². The summed E-state index contributed by atoms with van der Waals surface area (Å²) in [5.74, 6) is 0.720. The average Bonchev–Trinajstić information content (AvgIpc) is 2.77. The fraction of sp³-hybridized carbons (Fsp3) is 0.938. The van der Waals surface area contributed by atoms with Gasteiger partial charge in [-0.2, -0.15) is 4.31 Å². The van der Waals surface area contributed by atoms with Gasteiger partial charge in [-0.15, -0.1) is 0 Å². The summed E-state index contributed by atoms with van der Waals surface area (Å²) < 4.78 is 29.7. The molecule has 2 heterocycles. The first kappa shape index (κ1) is 19.6. The van der Waals surface area contributed by atoms with Gasteiger partial charge in [-0.1, -0.05) is 6.42 Å². The van der Waals surface area contributed by atoms with Crippen LogP contribution in [-0.2, 0) is 19.6 Å². The number of amides is 1. The second-order valence-electron chi connectivity index (χ2n) is 6.92. The van der Waals surface area contributed by atoms with Crippen LogP contribution in [0.5, 0.6) is 0 Å². The van der Waals surface area contributed by atoms with Crippen molar-refractivity contribution in [3.8, 4) is 0 Å². The van der Waals surface area contributed by atoms with Crippen LogP contribution in [0.4, 0.5) is 0 Å². The molecule has 140 valence electrons. The predicted octanol–water partition coefficient (Wildman–Crippen LogP) is 0.229. The molecule has 2 aliphatic heterocycles. The number of methoxy groups -OCH3 is 1. The Labute approximate surface area is 146 Å². The molecule has 0 aromatic carbocycles. The molecule has 0 unspecified atom stereocenters. The van der Waals surface area contributed by atoms with Gasteiger partial charge in [-0.05, 0) is 31.7 Å². The number of nitrogens with zero attached hydrogens (tertiary/aromatic N) is 3. The molecule has 1 amide bonds. The normalized spacial score (nSPS) is 24.8. The molecule has 0 radical (unpaired) electrons. The summed E-state index contributed by atoms with van der Waals surface area (Å²) in [6, 6.07) is 0. The maximum Gasteiger partial charge on any atom is 0.236 e. The Morgan fingerprint density at radius 3 is 2.46 bits per heavy atom. The number of likely N-dealkylation sites (tertiary alicyclic amines) is 1. The molecule has 1 atom stereocenters. The highest BCUT2D eigenvalue weighted by molar-refractivity contribution is 7.88. The van der Waals surface area contributed by atoms with E-state index in [1.807, 2.05) is 0 Å². The highest BCUT2D eigenvalue weighted by Gasteiger charge is 2.27. The summed E-state index contributed by atoms with van der Waals surface area (Å²) in [4.78, 5) is 16.6. The van der Waals surface area contributed by atoms with E-state index in [1.165, 1.54) is 23.4 Å². The molecule has 0 aromatic rings. The molecule has 24 heavy (non-hydrogen) atoms. The Hall–Kier alpha value is -0.700. The standard InChI is InChI=1S/C16H31N3O4S/c1-23-12-6-15-5-3-4-7-17(13-15)14-16(20)18-8-10-19(11-9-18)24(2,21)22/h15H,3-14H2,1-2H3/t15-/m0/s1. The lowest BCUT2D eigenvalue weighted by Gasteiger charge is -2.34. The minimum Gasteiger partial charge on any atom is -0.385 e. The maximum atomic E-state index is 12.5. The third kappa shape index (κ3) is 5.98. The number of carbonyl (C=O) groups excluding carboxylic acids is 1. The third-order valence-electron chi connectivity index (χ3n) is 5.00. The predicted molar refractivity (Wildman–Crippen MR) is 93.3 cm³/mol. The first-order valence-corrected chi connectivity index (χ1v) is 10.7. The Morgan fingerprint density at radius 1 is 1.12 bits per heavy atom. The van der Waals surface area contributed by atoms with Crippen LogP contribution in [-0.4, -0.2) is 94.2 Å². The second-order valence-corrected chi connectivity index (χ2v) is 8.90. The minimum absolute atomic E-state index is 0.121. The van der Waals surface area contributed by atoms with Gasteiger partial charge in [0.15, 0.2) is 0 Å². The van der Waals surface area contributed by atoms with Gasteiger partial charge in [0.25, 0.3) is 0 Å². The Morgan fingerprint density at radius 2 is 1.83 bits per heavy atom. The van der Waals surface area contributed by atoms with Crippen molar-refractivity contribution in [1.29, 1.82) is 0 Å². The van der Waals surface area contributed by atoms with Crippen LogP contribution in [0.25, 0.3) is 0 Å². The Kier molecular flexibility index (Phi) is 7.46. The summed E-state index contributed by atoms with van der Waals surface area (Å²) >= 11 is 0. The van der Waals surface area contributed by atoms with E-state index < -0.39 is 10.0 Å². The van der Waals surface area contributed by atoms with Crippen molar-refractivity contribution in [3.05, 3.63) is 0 Å². The van der Waals surface area contributed by atoms with Crippen LogP contribution in [0.3, 0.4) is 0 Å². The van der Waals surface area contributed by atoms with E-state index in [-0.39, 0.29) is 5.91 Å². The molecule has 2 rings (SSSR count). The Balaban J connectivity index is 1.81. The molecule has 0 N–H and O–H groups in total. The molecule has 2 aliphatic rings. The van der Waals surface area contributed by atoms with Crippen molar-refractivity contribution >= 4 is 15.9 Å². The summed E-state index contributed by atoms with van der Waals surface area (Å²) in [6.45, 7) is 4.95. The number of piperazine rings is 1. The molecule has 7 nitrogen and oxygen atoms in total. The second kappa shape index (κ2) is 9.12. The van der Waals surface area contributed by atoms with Gasteiger partial charge < -0.3 is 9.64 Å². The molecular formula is C16H31N3O4S. The molecule has 2 fully saturated rings. The molecule has 0 saturated carbocycles. The zero-order chi connectivity index (χ0) is 17.6. The van der Waals surface area contributed by atoms with Gasteiger partial charge in [-0.25, -0.2) is 8.42 Å². The van der Waals surface area contributed by atoms with Gasteiger partial charge in [0.05, 0.1) is 12.8 Å². The van der Waals surface area contributed by atoms with Crippen LogP contribution in [0.1, 0.15) is 25.7 Å². The zero-order valence-electron chi connectivity index (χ0n) is 14.9. The first-order valence-electron chi connectivity index (χ1n) is 8.84. The quantitative estimate of drug-likeness (QED) is 0.677. The molecule has 0 aromatic heterocycles. The van der Waals surface area contributed by atoms with Crippen molar-refractivity contribution in [2.45, 2.75) is 25.7 Å². The molecular weight excluding hydrogens is 330 g/mol. The lowest BCUT2D eigenvalue weighted by Crippen LogP contribution is -2.52. The van der Waals surface area contributed by atoms with Gasteiger partial charge in [0, 0.05) is 46.4 Å². The van der Waals surface area contributed by atoms with Gasteiger partial charge in [-0.3, -0.25) is 9.69 Å². The SMILES string of the molecule is COCC[C@@H]1CCCCN(CC(=O)N2CCN(S(C)(=O)=O)CC2)C1. The van der Waals surface area contributed by atoms with E-state index in [2.05, 4.69) is 4.90 Å². The highest BCUT2D eigenvalue weighted by atomic mass is 32.2. The summed E-state index contributed by atoms with van der Waals surface area (Å²) in [5.41, 5.74) is 0. The van der Waals surface area contributed by atoms with Crippen molar-refractivity contribution in [2.75, 3.05) is 65.8 Å². The van der Waals surface area contributed by atoms with Gasteiger partial charge in [0.2, 0.25) is 15.9 Å². The fourth-order valence-electron chi connectivity index (χ4n) is 3.54. The lowest BCUT2D eigenvalue weighted by atomic mass is 10.00. The van der Waals surface area contributed by atoms with Crippen molar-refractivity contribution < 1.29 is 17.9 Å². The van der Waals surface area contributed by atoms with Crippen LogP contribution in [0.2, 0.25) is 0 Å². The number of sulfonamides is 1. The summed E-state index contributed by atoms with van der Waals surface area (Å²) in [5, 5.41) is 0. The monoisotopic (exact) mass is 361 g/mol. The van der Waals surface area contributed by atoms with Crippen LogP contribution in [0, 0.1) is 5.92 Å². The number of carbonyl (C=O) groups is 1. The van der Waals surface area contributed by atoms with Crippen molar-refractivity contribution in [3.63, 3.8) is 0 Å².